The van der Waals surface area contributed by atoms with E-state index in [-0.39, 0.29) is 18.1 Å². The molecule has 5 heteroatoms. The molecule has 1 heterocycles. The van der Waals surface area contributed by atoms with Crippen LogP contribution in [0.4, 0.5) is 0 Å². The van der Waals surface area contributed by atoms with Gasteiger partial charge in [-0.3, -0.25) is 4.79 Å². The molecule has 1 rings (SSSR count). The van der Waals surface area contributed by atoms with E-state index in [1.54, 1.807) is 0 Å². The van der Waals surface area contributed by atoms with Gasteiger partial charge in [0.25, 0.3) is 0 Å². The standard InChI is InChI=1S/C12H23NO4/c1-3-16-11(17-4-2)9-13-12(14)10-5-7-15-8-6-10/h10-11H,3-9H2,1-2H3,(H,13,14). The van der Waals surface area contributed by atoms with Crippen LogP contribution in [0, 0.1) is 5.92 Å². The normalized spacial score (nSPS) is 17.4. The summed E-state index contributed by atoms with van der Waals surface area (Å²) < 4.78 is 15.9. The molecule has 0 bridgehead atoms. The molecule has 1 aliphatic rings. The average molecular weight is 245 g/mol. The molecule has 0 atom stereocenters. The third-order valence-electron chi connectivity index (χ3n) is 2.74. The molecule has 1 fully saturated rings. The highest BCUT2D eigenvalue weighted by Crippen LogP contribution is 2.14. The van der Waals surface area contributed by atoms with E-state index in [9.17, 15) is 4.79 Å². The summed E-state index contributed by atoms with van der Waals surface area (Å²) in [6.07, 6.45) is 1.27. The van der Waals surface area contributed by atoms with Crippen LogP contribution in [0.1, 0.15) is 26.7 Å². The van der Waals surface area contributed by atoms with E-state index in [1.165, 1.54) is 0 Å². The number of ether oxygens (including phenoxy) is 3. The summed E-state index contributed by atoms with van der Waals surface area (Å²) in [5.41, 5.74) is 0. The third-order valence-corrected chi connectivity index (χ3v) is 2.74. The van der Waals surface area contributed by atoms with Crippen molar-refractivity contribution in [1.82, 2.24) is 5.32 Å². The summed E-state index contributed by atoms with van der Waals surface area (Å²) in [4.78, 5) is 11.8. The summed E-state index contributed by atoms with van der Waals surface area (Å²) in [6, 6.07) is 0. The van der Waals surface area contributed by atoms with Crippen LogP contribution in [0.5, 0.6) is 0 Å². The number of carbonyl (C=O) groups excluding carboxylic acids is 1. The highest BCUT2D eigenvalue weighted by atomic mass is 16.7. The summed E-state index contributed by atoms with van der Waals surface area (Å²) in [6.45, 7) is 6.75. The predicted molar refractivity (Wildman–Crippen MR) is 63.6 cm³/mol. The van der Waals surface area contributed by atoms with Gasteiger partial charge < -0.3 is 19.5 Å². The average Bonchev–Trinajstić information content (AvgIpc) is 2.37. The number of nitrogens with one attached hydrogen (secondary N) is 1. The van der Waals surface area contributed by atoms with E-state index < -0.39 is 0 Å². The molecule has 0 aromatic carbocycles. The number of rotatable bonds is 7. The smallest absolute Gasteiger partial charge is 0.223 e. The van der Waals surface area contributed by atoms with Gasteiger partial charge in [0.05, 0.1) is 6.54 Å². The van der Waals surface area contributed by atoms with Crippen LogP contribution in [0.25, 0.3) is 0 Å². The van der Waals surface area contributed by atoms with Gasteiger partial charge >= 0.3 is 0 Å². The molecule has 0 aromatic heterocycles. The van der Waals surface area contributed by atoms with E-state index in [0.29, 0.717) is 33.0 Å². The number of hydrogen-bond acceptors (Lipinski definition) is 4. The summed E-state index contributed by atoms with van der Waals surface area (Å²) in [7, 11) is 0. The number of carbonyl (C=O) groups is 1. The monoisotopic (exact) mass is 245 g/mol. The highest BCUT2D eigenvalue weighted by Gasteiger charge is 2.22. The Morgan fingerprint density at radius 2 is 1.88 bits per heavy atom. The first-order chi connectivity index (χ1) is 8.27. The van der Waals surface area contributed by atoms with Crippen molar-refractivity contribution >= 4 is 5.91 Å². The van der Waals surface area contributed by atoms with Crippen molar-refractivity contribution in [2.45, 2.75) is 33.0 Å². The van der Waals surface area contributed by atoms with E-state index >= 15 is 0 Å². The van der Waals surface area contributed by atoms with Gasteiger partial charge in [0.1, 0.15) is 0 Å². The minimum absolute atomic E-state index is 0.0765. The zero-order chi connectivity index (χ0) is 12.5. The maximum atomic E-state index is 11.8. The summed E-state index contributed by atoms with van der Waals surface area (Å²) in [5, 5.41) is 2.88. The largest absolute Gasteiger partial charge is 0.381 e. The van der Waals surface area contributed by atoms with Gasteiger partial charge in [-0.15, -0.1) is 0 Å². The first-order valence-electron chi connectivity index (χ1n) is 6.36. The Labute approximate surface area is 103 Å². The van der Waals surface area contributed by atoms with Crippen molar-refractivity contribution in [3.8, 4) is 0 Å². The number of amides is 1. The Kier molecular flexibility index (Phi) is 7.16. The molecule has 0 spiro atoms. The van der Waals surface area contributed by atoms with Crippen molar-refractivity contribution in [3.05, 3.63) is 0 Å². The van der Waals surface area contributed by atoms with Crippen LogP contribution >= 0.6 is 0 Å². The van der Waals surface area contributed by atoms with Gasteiger partial charge in [-0.2, -0.15) is 0 Å². The lowest BCUT2D eigenvalue weighted by atomic mass is 9.99. The quantitative estimate of drug-likeness (QED) is 0.678. The minimum Gasteiger partial charge on any atom is -0.381 e. The van der Waals surface area contributed by atoms with E-state index in [2.05, 4.69) is 5.32 Å². The highest BCUT2D eigenvalue weighted by molar-refractivity contribution is 5.78. The maximum Gasteiger partial charge on any atom is 0.223 e. The van der Waals surface area contributed by atoms with Crippen LogP contribution in [-0.2, 0) is 19.0 Å². The SMILES string of the molecule is CCOC(CNC(=O)C1CCOCC1)OCC. The van der Waals surface area contributed by atoms with Gasteiger partial charge in [0.15, 0.2) is 6.29 Å². The van der Waals surface area contributed by atoms with Crippen LogP contribution in [0.2, 0.25) is 0 Å². The van der Waals surface area contributed by atoms with Gasteiger partial charge in [-0.25, -0.2) is 0 Å². The molecule has 0 aromatic rings. The molecule has 17 heavy (non-hydrogen) atoms. The van der Waals surface area contributed by atoms with Gasteiger partial charge in [-0.1, -0.05) is 0 Å². The fourth-order valence-electron chi connectivity index (χ4n) is 1.83. The lowest BCUT2D eigenvalue weighted by Crippen LogP contribution is -2.40. The van der Waals surface area contributed by atoms with Gasteiger partial charge in [-0.05, 0) is 26.7 Å². The fraction of sp³-hybridized carbons (Fsp3) is 0.917. The van der Waals surface area contributed by atoms with Gasteiger partial charge in [0, 0.05) is 32.3 Å². The van der Waals surface area contributed by atoms with Crippen molar-refractivity contribution in [2.75, 3.05) is 33.0 Å². The maximum absolute atomic E-state index is 11.8. The topological polar surface area (TPSA) is 56.8 Å². The first kappa shape index (κ1) is 14.4. The first-order valence-corrected chi connectivity index (χ1v) is 6.36. The summed E-state index contributed by atoms with van der Waals surface area (Å²) in [5.74, 6) is 0.158. The van der Waals surface area contributed by atoms with Crippen molar-refractivity contribution in [1.29, 1.82) is 0 Å². The third kappa shape index (κ3) is 5.48. The van der Waals surface area contributed by atoms with Crippen molar-refractivity contribution in [3.63, 3.8) is 0 Å². The fourth-order valence-corrected chi connectivity index (χ4v) is 1.83. The molecular weight excluding hydrogens is 222 g/mol. The Bertz CT molecular complexity index is 211. The van der Waals surface area contributed by atoms with E-state index in [0.717, 1.165) is 12.8 Å². The molecule has 0 unspecified atom stereocenters. The van der Waals surface area contributed by atoms with Crippen LogP contribution in [-0.4, -0.2) is 45.2 Å². The molecule has 1 amide bonds. The minimum atomic E-state index is -0.339. The van der Waals surface area contributed by atoms with Gasteiger partial charge in [0.2, 0.25) is 5.91 Å². The predicted octanol–water partition coefficient (Wildman–Crippen LogP) is 0.928. The van der Waals surface area contributed by atoms with Crippen LogP contribution in [0.3, 0.4) is 0 Å². The second-order valence-corrected chi connectivity index (χ2v) is 3.97. The lowest BCUT2D eigenvalue weighted by molar-refractivity contribution is -0.143. The Morgan fingerprint density at radius 1 is 1.29 bits per heavy atom. The second-order valence-electron chi connectivity index (χ2n) is 3.97. The molecule has 100 valence electrons. The molecular formula is C12H23NO4. The molecule has 0 aliphatic carbocycles. The van der Waals surface area contributed by atoms with E-state index in [4.69, 9.17) is 14.2 Å². The second kappa shape index (κ2) is 8.44. The molecule has 1 N–H and O–H groups in total. The molecule has 0 radical (unpaired) electrons. The zero-order valence-electron chi connectivity index (χ0n) is 10.7. The Morgan fingerprint density at radius 3 is 2.41 bits per heavy atom. The van der Waals surface area contributed by atoms with Crippen LogP contribution < -0.4 is 5.32 Å². The van der Waals surface area contributed by atoms with Crippen molar-refractivity contribution in [2.24, 2.45) is 5.92 Å². The molecule has 1 saturated heterocycles. The lowest BCUT2D eigenvalue weighted by Gasteiger charge is -2.23. The molecule has 5 nitrogen and oxygen atoms in total. The zero-order valence-corrected chi connectivity index (χ0v) is 10.7. The van der Waals surface area contributed by atoms with Crippen molar-refractivity contribution < 1.29 is 19.0 Å². The Hall–Kier alpha value is -0.650. The number of hydrogen-bond donors (Lipinski definition) is 1. The summed E-state index contributed by atoms with van der Waals surface area (Å²) >= 11 is 0. The van der Waals surface area contributed by atoms with E-state index in [1.807, 2.05) is 13.8 Å². The molecule has 0 saturated carbocycles. The van der Waals surface area contributed by atoms with Crippen LogP contribution in [0.15, 0.2) is 0 Å². The molecule has 1 aliphatic heterocycles. The Balaban J connectivity index is 2.24.